The molecule has 0 saturated heterocycles. The van der Waals surface area contributed by atoms with E-state index in [2.05, 4.69) is 33.2 Å². The van der Waals surface area contributed by atoms with Crippen LogP contribution in [0.25, 0.3) is 0 Å². The summed E-state index contributed by atoms with van der Waals surface area (Å²) in [6.07, 6.45) is 11.0. The van der Waals surface area contributed by atoms with Crippen molar-refractivity contribution in [1.82, 2.24) is 20.2 Å². The topological polar surface area (TPSA) is 72.7 Å². The molecular formula is C24H38IN5O2. The number of nitrogens with one attached hydrogen (secondary N) is 2. The molecule has 1 heterocycles. The van der Waals surface area contributed by atoms with Gasteiger partial charge in [0.2, 0.25) is 0 Å². The van der Waals surface area contributed by atoms with Crippen molar-refractivity contribution in [2.75, 3.05) is 20.2 Å². The predicted molar refractivity (Wildman–Crippen MR) is 140 cm³/mol. The first-order valence-electron chi connectivity index (χ1n) is 11.5. The number of aromatic nitrogens is 2. The summed E-state index contributed by atoms with van der Waals surface area (Å²) in [7, 11) is 1.70. The van der Waals surface area contributed by atoms with Gasteiger partial charge in [-0.25, -0.2) is 9.98 Å². The van der Waals surface area contributed by atoms with Crippen LogP contribution in [-0.4, -0.2) is 41.8 Å². The van der Waals surface area contributed by atoms with Gasteiger partial charge in [0.05, 0.1) is 19.8 Å². The summed E-state index contributed by atoms with van der Waals surface area (Å²) in [5.41, 5.74) is 1.05. The number of benzene rings is 1. The van der Waals surface area contributed by atoms with E-state index in [1.54, 1.807) is 7.11 Å². The lowest BCUT2D eigenvalue weighted by molar-refractivity contribution is 0.198. The van der Waals surface area contributed by atoms with Gasteiger partial charge in [-0.3, -0.25) is 0 Å². The van der Waals surface area contributed by atoms with E-state index in [0.717, 1.165) is 74.2 Å². The Morgan fingerprint density at radius 2 is 2.03 bits per heavy atom. The molecule has 0 unspecified atom stereocenters. The maximum atomic E-state index is 6.34. The van der Waals surface area contributed by atoms with E-state index >= 15 is 0 Å². The monoisotopic (exact) mass is 555 g/mol. The van der Waals surface area contributed by atoms with Gasteiger partial charge in [0, 0.05) is 37.6 Å². The minimum Gasteiger partial charge on any atom is -0.493 e. The Labute approximate surface area is 209 Å². The first kappa shape index (κ1) is 26.3. The van der Waals surface area contributed by atoms with Crippen molar-refractivity contribution in [3.63, 3.8) is 0 Å². The number of methoxy groups -OCH3 is 1. The largest absolute Gasteiger partial charge is 0.493 e. The highest BCUT2D eigenvalue weighted by molar-refractivity contribution is 14.0. The number of aryl methyl sites for hydroxylation is 2. The van der Waals surface area contributed by atoms with Crippen LogP contribution in [-0.2, 0) is 13.1 Å². The lowest BCUT2D eigenvalue weighted by Gasteiger charge is -2.19. The van der Waals surface area contributed by atoms with Gasteiger partial charge in [-0.1, -0.05) is 12.1 Å². The van der Waals surface area contributed by atoms with Gasteiger partial charge >= 0.3 is 0 Å². The molecule has 178 valence electrons. The van der Waals surface area contributed by atoms with Crippen LogP contribution < -0.4 is 20.1 Å². The minimum atomic E-state index is 0. The molecule has 0 radical (unpaired) electrons. The van der Waals surface area contributed by atoms with Gasteiger partial charge in [0.1, 0.15) is 5.82 Å². The van der Waals surface area contributed by atoms with Crippen molar-refractivity contribution in [2.24, 2.45) is 4.99 Å². The molecule has 1 aromatic heterocycles. The fraction of sp³-hybridized carbons (Fsp3) is 0.583. The van der Waals surface area contributed by atoms with Gasteiger partial charge in [-0.15, -0.1) is 24.0 Å². The lowest BCUT2D eigenvalue weighted by Crippen LogP contribution is -2.37. The summed E-state index contributed by atoms with van der Waals surface area (Å²) >= 11 is 0. The number of guanidine groups is 1. The third-order valence-corrected chi connectivity index (χ3v) is 5.66. The number of ether oxygens (including phenoxy) is 2. The minimum absolute atomic E-state index is 0. The number of unbranched alkanes of at least 4 members (excludes halogenated alkanes) is 1. The molecule has 0 spiro atoms. The Hall–Kier alpha value is -1.97. The van der Waals surface area contributed by atoms with Gasteiger partial charge in [0.15, 0.2) is 17.5 Å². The van der Waals surface area contributed by atoms with Crippen LogP contribution in [0.15, 0.2) is 35.6 Å². The highest BCUT2D eigenvalue weighted by Crippen LogP contribution is 2.35. The number of hydrogen-bond acceptors (Lipinski definition) is 4. The maximum absolute atomic E-state index is 6.34. The first-order chi connectivity index (χ1) is 15.2. The van der Waals surface area contributed by atoms with Crippen molar-refractivity contribution < 1.29 is 9.47 Å². The van der Waals surface area contributed by atoms with Crippen LogP contribution in [0.3, 0.4) is 0 Å². The van der Waals surface area contributed by atoms with Crippen LogP contribution in [0, 0.1) is 6.92 Å². The molecule has 1 aliphatic rings. The summed E-state index contributed by atoms with van der Waals surface area (Å²) < 4.78 is 14.1. The van der Waals surface area contributed by atoms with Gasteiger partial charge in [0.25, 0.3) is 0 Å². The normalized spacial score (nSPS) is 14.2. The number of hydrogen-bond donors (Lipinski definition) is 2. The highest BCUT2D eigenvalue weighted by atomic mass is 127. The molecule has 1 fully saturated rings. The van der Waals surface area contributed by atoms with Crippen LogP contribution in [0.5, 0.6) is 11.5 Å². The quantitative estimate of drug-likeness (QED) is 0.183. The fourth-order valence-electron chi connectivity index (χ4n) is 3.91. The van der Waals surface area contributed by atoms with Crippen LogP contribution in [0.4, 0.5) is 0 Å². The third kappa shape index (κ3) is 7.86. The second-order valence-corrected chi connectivity index (χ2v) is 7.97. The molecule has 0 bridgehead atoms. The zero-order valence-corrected chi connectivity index (χ0v) is 21.9. The zero-order valence-electron chi connectivity index (χ0n) is 19.6. The Balaban J connectivity index is 0.00000363. The Bertz CT molecular complexity index is 834. The molecule has 1 aliphatic carbocycles. The zero-order chi connectivity index (χ0) is 21.9. The molecule has 1 saturated carbocycles. The number of para-hydroxylation sites is 1. The number of aliphatic imine (C=N–C) groups is 1. The lowest BCUT2D eigenvalue weighted by atomic mass is 10.1. The van der Waals surface area contributed by atoms with Crippen LogP contribution in [0.1, 0.15) is 56.8 Å². The molecular weight excluding hydrogens is 517 g/mol. The van der Waals surface area contributed by atoms with Crippen molar-refractivity contribution in [3.05, 3.63) is 42.0 Å². The van der Waals surface area contributed by atoms with Crippen molar-refractivity contribution in [3.8, 4) is 11.5 Å². The molecule has 0 atom stereocenters. The molecule has 2 aromatic rings. The molecule has 3 rings (SSSR count). The standard InChI is InChI=1S/C24H37N5O2.HI/c1-4-25-24(27-14-7-8-16-29-17-15-26-19(29)2)28-18-20-10-9-13-22(30-3)23(20)31-21-11-5-6-12-21;/h9-10,13,15,17,21H,4-8,11-12,14,16,18H2,1-3H3,(H2,25,27,28);1H. The number of halogens is 1. The first-order valence-corrected chi connectivity index (χ1v) is 11.5. The number of rotatable bonds is 11. The summed E-state index contributed by atoms with van der Waals surface area (Å²) in [6, 6.07) is 6.04. The maximum Gasteiger partial charge on any atom is 0.191 e. The molecule has 0 amide bonds. The fourth-order valence-corrected chi connectivity index (χ4v) is 3.91. The smallest absolute Gasteiger partial charge is 0.191 e. The summed E-state index contributed by atoms with van der Waals surface area (Å²) in [4.78, 5) is 9.07. The van der Waals surface area contributed by atoms with Crippen LogP contribution >= 0.6 is 24.0 Å². The molecule has 0 aliphatic heterocycles. The highest BCUT2D eigenvalue weighted by Gasteiger charge is 2.20. The van der Waals surface area contributed by atoms with E-state index in [4.69, 9.17) is 14.5 Å². The second-order valence-electron chi connectivity index (χ2n) is 7.97. The Kier molecular flexibility index (Phi) is 11.7. The van der Waals surface area contributed by atoms with E-state index in [0.29, 0.717) is 6.54 Å². The number of nitrogens with zero attached hydrogens (tertiary/aromatic N) is 3. The van der Waals surface area contributed by atoms with Gasteiger partial charge < -0.3 is 24.7 Å². The summed E-state index contributed by atoms with van der Waals surface area (Å²) in [6.45, 7) is 7.36. The van der Waals surface area contributed by atoms with E-state index in [-0.39, 0.29) is 30.1 Å². The predicted octanol–water partition coefficient (Wildman–Crippen LogP) is 4.68. The molecule has 32 heavy (non-hydrogen) atoms. The summed E-state index contributed by atoms with van der Waals surface area (Å²) in [5, 5.41) is 6.79. The average molecular weight is 556 g/mol. The molecule has 1 aromatic carbocycles. The number of imidazole rings is 1. The van der Waals surface area contributed by atoms with Crippen LogP contribution in [0.2, 0.25) is 0 Å². The van der Waals surface area contributed by atoms with E-state index in [1.165, 1.54) is 12.8 Å². The third-order valence-electron chi connectivity index (χ3n) is 5.66. The Morgan fingerprint density at radius 1 is 1.22 bits per heavy atom. The van der Waals surface area contributed by atoms with E-state index in [9.17, 15) is 0 Å². The molecule has 2 N–H and O–H groups in total. The van der Waals surface area contributed by atoms with Gasteiger partial charge in [-0.2, -0.15) is 0 Å². The molecule has 7 nitrogen and oxygen atoms in total. The van der Waals surface area contributed by atoms with Crippen molar-refractivity contribution in [1.29, 1.82) is 0 Å². The van der Waals surface area contributed by atoms with Gasteiger partial charge in [-0.05, 0) is 58.4 Å². The van der Waals surface area contributed by atoms with E-state index < -0.39 is 0 Å². The molecule has 8 heteroatoms. The Morgan fingerprint density at radius 3 is 2.72 bits per heavy atom. The second kappa shape index (κ2) is 14.2. The van der Waals surface area contributed by atoms with Crippen molar-refractivity contribution in [2.45, 2.75) is 71.6 Å². The average Bonchev–Trinajstić information content (AvgIpc) is 3.44. The summed E-state index contributed by atoms with van der Waals surface area (Å²) in [5.74, 6) is 3.52. The van der Waals surface area contributed by atoms with E-state index in [1.807, 2.05) is 31.5 Å². The SMILES string of the molecule is CCNC(=NCc1cccc(OC)c1OC1CCCC1)NCCCCn1ccnc1C.I. The van der Waals surface area contributed by atoms with Crippen molar-refractivity contribution >= 4 is 29.9 Å².